The summed E-state index contributed by atoms with van der Waals surface area (Å²) in [5.41, 5.74) is 16.3. The first-order chi connectivity index (χ1) is 16.9. The lowest BCUT2D eigenvalue weighted by Gasteiger charge is -2.25. The van der Waals surface area contributed by atoms with Gasteiger partial charge >= 0.3 is 5.97 Å². The molecule has 11 N–H and O–H groups in total. The number of primary amides is 2. The van der Waals surface area contributed by atoms with Crippen LogP contribution < -0.4 is 33.2 Å². The van der Waals surface area contributed by atoms with Gasteiger partial charge in [-0.25, -0.2) is 4.79 Å². The Morgan fingerprint density at radius 1 is 0.750 bits per heavy atom. The van der Waals surface area contributed by atoms with Gasteiger partial charge in [0.25, 0.3) is 0 Å². The number of rotatable bonds is 16. The molecule has 1 aromatic carbocycles. The molecule has 0 aromatic heterocycles. The van der Waals surface area contributed by atoms with E-state index >= 15 is 0 Å². The molecule has 0 heterocycles. The molecular weight excluding hydrogens is 476 g/mol. The molecule has 4 unspecified atom stereocenters. The number of aliphatic hydroxyl groups is 1. The van der Waals surface area contributed by atoms with E-state index in [-0.39, 0.29) is 32.1 Å². The fraction of sp³-hybridized carbons (Fsp3) is 0.455. The molecule has 1 aromatic rings. The van der Waals surface area contributed by atoms with Gasteiger partial charge in [-0.3, -0.25) is 24.0 Å². The van der Waals surface area contributed by atoms with Gasteiger partial charge in [-0.15, -0.1) is 0 Å². The maximum absolute atomic E-state index is 13.0. The Morgan fingerprint density at radius 2 is 1.22 bits per heavy atom. The third-order valence-corrected chi connectivity index (χ3v) is 5.06. The van der Waals surface area contributed by atoms with Crippen molar-refractivity contribution in [2.75, 3.05) is 6.61 Å². The van der Waals surface area contributed by atoms with Crippen LogP contribution in [0.3, 0.4) is 0 Å². The third-order valence-electron chi connectivity index (χ3n) is 5.06. The summed E-state index contributed by atoms with van der Waals surface area (Å²) in [6, 6.07) is 3.08. The standard InChI is InChI=1S/C22H32N6O8/c23-13(11-29)19(32)26-14(6-8-17(24)30)20(33)28-16(10-12-4-2-1-3-5-12)21(34)27-15(22(35)36)7-9-18(25)31/h1-5,13-16,29H,6-11,23H2,(H2,24,30)(H2,25,31)(H,26,32)(H,27,34)(H,28,33)(H,35,36). The summed E-state index contributed by atoms with van der Waals surface area (Å²) in [5, 5.41) is 25.5. The molecule has 36 heavy (non-hydrogen) atoms. The molecule has 1 rings (SSSR count). The molecule has 14 heteroatoms. The van der Waals surface area contributed by atoms with Crippen LogP contribution in [-0.4, -0.2) is 76.5 Å². The second-order valence-electron chi connectivity index (χ2n) is 8.01. The van der Waals surface area contributed by atoms with Gasteiger partial charge in [0.1, 0.15) is 24.2 Å². The van der Waals surface area contributed by atoms with E-state index < -0.39 is 66.3 Å². The lowest BCUT2D eigenvalue weighted by molar-refractivity contribution is -0.142. The molecule has 0 aliphatic rings. The Labute approximate surface area is 206 Å². The molecule has 0 aliphatic carbocycles. The molecule has 5 amide bonds. The van der Waals surface area contributed by atoms with Crippen molar-refractivity contribution < 1.29 is 39.0 Å². The summed E-state index contributed by atoms with van der Waals surface area (Å²) in [6.45, 7) is -0.698. The number of amides is 5. The zero-order valence-electron chi connectivity index (χ0n) is 19.5. The molecule has 0 saturated carbocycles. The molecule has 0 spiro atoms. The van der Waals surface area contributed by atoms with Crippen LogP contribution >= 0.6 is 0 Å². The van der Waals surface area contributed by atoms with E-state index in [1.54, 1.807) is 30.3 Å². The molecule has 0 radical (unpaired) electrons. The molecular formula is C22H32N6O8. The van der Waals surface area contributed by atoms with Crippen molar-refractivity contribution in [2.45, 2.75) is 56.3 Å². The van der Waals surface area contributed by atoms with Crippen molar-refractivity contribution in [1.82, 2.24) is 16.0 Å². The maximum atomic E-state index is 13.0. The second-order valence-corrected chi connectivity index (χ2v) is 8.01. The van der Waals surface area contributed by atoms with Gasteiger partial charge in [0.05, 0.1) is 6.61 Å². The van der Waals surface area contributed by atoms with E-state index in [0.29, 0.717) is 5.56 Å². The summed E-state index contributed by atoms with van der Waals surface area (Å²) >= 11 is 0. The van der Waals surface area contributed by atoms with Crippen molar-refractivity contribution in [1.29, 1.82) is 0 Å². The maximum Gasteiger partial charge on any atom is 0.326 e. The Hall–Kier alpha value is -4.04. The van der Waals surface area contributed by atoms with E-state index in [1.807, 2.05) is 0 Å². The van der Waals surface area contributed by atoms with Crippen LogP contribution in [0.4, 0.5) is 0 Å². The van der Waals surface area contributed by atoms with Crippen LogP contribution in [0.1, 0.15) is 31.2 Å². The highest BCUT2D eigenvalue weighted by Crippen LogP contribution is 2.07. The van der Waals surface area contributed by atoms with E-state index in [2.05, 4.69) is 16.0 Å². The summed E-state index contributed by atoms with van der Waals surface area (Å²) in [5.74, 6) is -5.50. The number of nitrogens with one attached hydrogen (secondary N) is 3. The second kappa shape index (κ2) is 15.1. The van der Waals surface area contributed by atoms with Gasteiger partial charge in [-0.1, -0.05) is 30.3 Å². The third kappa shape index (κ3) is 10.9. The number of carboxylic acids is 1. The average Bonchev–Trinajstić information content (AvgIpc) is 2.83. The van der Waals surface area contributed by atoms with Crippen molar-refractivity contribution in [2.24, 2.45) is 17.2 Å². The van der Waals surface area contributed by atoms with E-state index in [1.165, 1.54) is 0 Å². The summed E-state index contributed by atoms with van der Waals surface area (Å²) < 4.78 is 0. The Balaban J connectivity index is 3.13. The van der Waals surface area contributed by atoms with E-state index in [9.17, 15) is 33.9 Å². The van der Waals surface area contributed by atoms with Crippen LogP contribution in [0.5, 0.6) is 0 Å². The SMILES string of the molecule is NC(=O)CCC(NC(=O)C(Cc1ccccc1)NC(=O)C(CCC(N)=O)NC(=O)C(N)CO)C(=O)O. The number of hydrogen-bond acceptors (Lipinski definition) is 8. The van der Waals surface area contributed by atoms with Gasteiger partial charge in [-0.05, 0) is 18.4 Å². The summed E-state index contributed by atoms with van der Waals surface area (Å²) in [7, 11) is 0. The Kier molecular flexibility index (Phi) is 12.5. The first-order valence-electron chi connectivity index (χ1n) is 11.1. The smallest absolute Gasteiger partial charge is 0.326 e. The quantitative estimate of drug-likeness (QED) is 0.111. The minimum absolute atomic E-state index is 0.0484. The minimum Gasteiger partial charge on any atom is -0.480 e. The van der Waals surface area contributed by atoms with Crippen molar-refractivity contribution >= 4 is 35.5 Å². The van der Waals surface area contributed by atoms with Crippen LogP contribution in [-0.2, 0) is 35.2 Å². The molecule has 0 aliphatic heterocycles. The number of carbonyl (C=O) groups excluding carboxylic acids is 5. The highest BCUT2D eigenvalue weighted by Gasteiger charge is 2.30. The normalized spacial score (nSPS) is 13.9. The molecule has 0 saturated heterocycles. The van der Waals surface area contributed by atoms with Gasteiger partial charge < -0.3 is 43.4 Å². The van der Waals surface area contributed by atoms with Crippen LogP contribution in [0.2, 0.25) is 0 Å². The lowest BCUT2D eigenvalue weighted by atomic mass is 10.0. The number of carbonyl (C=O) groups is 6. The highest BCUT2D eigenvalue weighted by atomic mass is 16.4. The number of aliphatic carboxylic acids is 1. The number of carboxylic acid groups (broad SMARTS) is 1. The molecule has 4 atom stereocenters. The van der Waals surface area contributed by atoms with Gasteiger partial charge in [0.15, 0.2) is 0 Å². The fourth-order valence-electron chi connectivity index (χ4n) is 3.06. The summed E-state index contributed by atoms with van der Waals surface area (Å²) in [4.78, 5) is 71.9. The number of hydrogen-bond donors (Lipinski definition) is 8. The highest BCUT2D eigenvalue weighted by molar-refractivity contribution is 5.94. The minimum atomic E-state index is -1.45. The van der Waals surface area contributed by atoms with Gasteiger partial charge in [0.2, 0.25) is 29.5 Å². The van der Waals surface area contributed by atoms with Crippen molar-refractivity contribution in [3.05, 3.63) is 35.9 Å². The Morgan fingerprint density at radius 3 is 1.72 bits per heavy atom. The largest absolute Gasteiger partial charge is 0.480 e. The predicted molar refractivity (Wildman–Crippen MR) is 125 cm³/mol. The number of aliphatic hydroxyl groups excluding tert-OH is 1. The van der Waals surface area contributed by atoms with Gasteiger partial charge in [-0.2, -0.15) is 0 Å². The summed E-state index contributed by atoms with van der Waals surface area (Å²) in [6.07, 6.45) is -1.11. The van der Waals surface area contributed by atoms with Crippen LogP contribution in [0.25, 0.3) is 0 Å². The number of benzene rings is 1. The predicted octanol–water partition coefficient (Wildman–Crippen LogP) is -3.38. The molecule has 14 nitrogen and oxygen atoms in total. The van der Waals surface area contributed by atoms with E-state index in [0.717, 1.165) is 0 Å². The Bertz CT molecular complexity index is 942. The average molecular weight is 509 g/mol. The fourth-order valence-corrected chi connectivity index (χ4v) is 3.06. The van der Waals surface area contributed by atoms with Crippen LogP contribution in [0.15, 0.2) is 30.3 Å². The van der Waals surface area contributed by atoms with Crippen molar-refractivity contribution in [3.63, 3.8) is 0 Å². The lowest BCUT2D eigenvalue weighted by Crippen LogP contribution is -2.58. The van der Waals surface area contributed by atoms with E-state index in [4.69, 9.17) is 22.3 Å². The zero-order valence-corrected chi connectivity index (χ0v) is 19.5. The molecule has 198 valence electrons. The molecule has 0 fully saturated rings. The topological polar surface area (TPSA) is 257 Å². The van der Waals surface area contributed by atoms with Gasteiger partial charge in [0, 0.05) is 19.3 Å². The van der Waals surface area contributed by atoms with Crippen molar-refractivity contribution in [3.8, 4) is 0 Å². The first-order valence-corrected chi connectivity index (χ1v) is 11.1. The number of nitrogens with two attached hydrogens (primary N) is 3. The zero-order chi connectivity index (χ0) is 27.3. The molecule has 0 bridgehead atoms. The first kappa shape index (κ1) is 30.0. The monoisotopic (exact) mass is 508 g/mol. The van der Waals surface area contributed by atoms with Crippen LogP contribution in [0, 0.1) is 0 Å².